The molecule has 0 saturated carbocycles. The lowest BCUT2D eigenvalue weighted by Gasteiger charge is -2.25. The van der Waals surface area contributed by atoms with Crippen molar-refractivity contribution in [2.24, 2.45) is 0 Å². The SMILES string of the molecule is CNC(=O)C1CCCN1c1nccc(C(=O)OC)c1N. The molecule has 1 aliphatic heterocycles. The third-order valence-corrected chi connectivity index (χ3v) is 3.45. The normalized spacial score (nSPS) is 17.9. The molecule has 1 saturated heterocycles. The first-order valence-corrected chi connectivity index (χ1v) is 6.41. The monoisotopic (exact) mass is 278 g/mol. The highest BCUT2D eigenvalue weighted by Gasteiger charge is 2.32. The lowest BCUT2D eigenvalue weighted by molar-refractivity contribution is -0.121. The standard InChI is InChI=1S/C13H18N4O3/c1-15-12(18)9-4-3-7-17(9)11-10(14)8(5-6-16-11)13(19)20-2/h5-6,9H,3-4,7,14H2,1-2H3,(H,15,18). The fourth-order valence-electron chi connectivity index (χ4n) is 2.44. The quantitative estimate of drug-likeness (QED) is 0.765. The fraction of sp³-hybridized carbons (Fsp3) is 0.462. The molecule has 2 rings (SSSR count). The van der Waals surface area contributed by atoms with Crippen LogP contribution < -0.4 is 16.0 Å². The number of nitrogens with two attached hydrogens (primary N) is 1. The van der Waals surface area contributed by atoms with Gasteiger partial charge in [0.05, 0.1) is 18.4 Å². The molecule has 3 N–H and O–H groups in total. The molecule has 7 heteroatoms. The number of pyridine rings is 1. The molecule has 1 unspecified atom stereocenters. The molecular formula is C13H18N4O3. The number of amides is 1. The number of likely N-dealkylation sites (N-methyl/N-ethyl adjacent to an activating group) is 1. The lowest BCUT2D eigenvalue weighted by Crippen LogP contribution is -2.42. The Balaban J connectivity index is 2.37. The van der Waals surface area contributed by atoms with Gasteiger partial charge in [0.1, 0.15) is 6.04 Å². The molecule has 1 fully saturated rings. The molecule has 108 valence electrons. The second-order valence-corrected chi connectivity index (χ2v) is 4.55. The highest BCUT2D eigenvalue weighted by molar-refractivity contribution is 5.98. The van der Waals surface area contributed by atoms with Crippen molar-refractivity contribution in [3.05, 3.63) is 17.8 Å². The predicted molar refractivity (Wildman–Crippen MR) is 74.4 cm³/mol. The van der Waals surface area contributed by atoms with E-state index in [1.807, 2.05) is 4.90 Å². The van der Waals surface area contributed by atoms with Crippen LogP contribution in [-0.2, 0) is 9.53 Å². The van der Waals surface area contributed by atoms with Crippen LogP contribution in [0.5, 0.6) is 0 Å². The maximum absolute atomic E-state index is 11.9. The molecule has 1 aliphatic rings. The van der Waals surface area contributed by atoms with Crippen LogP contribution in [0.2, 0.25) is 0 Å². The minimum Gasteiger partial charge on any atom is -0.465 e. The van der Waals surface area contributed by atoms with E-state index in [-0.39, 0.29) is 23.2 Å². The van der Waals surface area contributed by atoms with Crippen molar-refractivity contribution >= 4 is 23.4 Å². The van der Waals surface area contributed by atoms with E-state index in [9.17, 15) is 9.59 Å². The number of rotatable bonds is 3. The molecule has 0 bridgehead atoms. The van der Waals surface area contributed by atoms with Crippen LogP contribution >= 0.6 is 0 Å². The van der Waals surface area contributed by atoms with Crippen molar-refractivity contribution in [1.82, 2.24) is 10.3 Å². The number of aromatic nitrogens is 1. The van der Waals surface area contributed by atoms with Crippen LogP contribution in [0.25, 0.3) is 0 Å². The molecule has 1 amide bonds. The van der Waals surface area contributed by atoms with E-state index in [4.69, 9.17) is 5.73 Å². The Morgan fingerprint density at radius 1 is 1.55 bits per heavy atom. The van der Waals surface area contributed by atoms with E-state index in [0.29, 0.717) is 12.4 Å². The first-order valence-electron chi connectivity index (χ1n) is 6.41. The van der Waals surface area contributed by atoms with Crippen LogP contribution in [-0.4, -0.2) is 43.6 Å². The second kappa shape index (κ2) is 5.77. The number of nitrogens with zero attached hydrogens (tertiary/aromatic N) is 2. The first-order chi connectivity index (χ1) is 9.60. The number of carbonyl (C=O) groups excluding carboxylic acids is 2. The first kappa shape index (κ1) is 14.1. The van der Waals surface area contributed by atoms with E-state index >= 15 is 0 Å². The molecule has 0 spiro atoms. The summed E-state index contributed by atoms with van der Waals surface area (Å²) in [6.45, 7) is 0.680. The van der Waals surface area contributed by atoms with Crippen molar-refractivity contribution in [2.45, 2.75) is 18.9 Å². The summed E-state index contributed by atoms with van der Waals surface area (Å²) in [5.74, 6) is -0.131. The van der Waals surface area contributed by atoms with Crippen LogP contribution in [0, 0.1) is 0 Å². The molecule has 20 heavy (non-hydrogen) atoms. The molecule has 0 aromatic carbocycles. The Bertz CT molecular complexity index is 532. The Kier molecular flexibility index (Phi) is 4.07. The number of nitrogens with one attached hydrogen (secondary N) is 1. The van der Waals surface area contributed by atoms with Crippen molar-refractivity contribution in [2.75, 3.05) is 31.3 Å². The zero-order valence-corrected chi connectivity index (χ0v) is 11.5. The summed E-state index contributed by atoms with van der Waals surface area (Å²) in [7, 11) is 2.89. The smallest absolute Gasteiger partial charge is 0.340 e. The highest BCUT2D eigenvalue weighted by atomic mass is 16.5. The molecule has 7 nitrogen and oxygen atoms in total. The minimum atomic E-state index is -0.512. The van der Waals surface area contributed by atoms with Gasteiger partial charge in [-0.25, -0.2) is 9.78 Å². The number of nitrogen functional groups attached to an aromatic ring is 1. The Labute approximate surface area is 117 Å². The third-order valence-electron chi connectivity index (χ3n) is 3.45. The van der Waals surface area contributed by atoms with Crippen LogP contribution in [0.3, 0.4) is 0 Å². The molecule has 2 heterocycles. The van der Waals surface area contributed by atoms with Crippen LogP contribution in [0.1, 0.15) is 23.2 Å². The van der Waals surface area contributed by atoms with E-state index < -0.39 is 5.97 Å². The van der Waals surface area contributed by atoms with Crippen LogP contribution in [0.4, 0.5) is 11.5 Å². The zero-order valence-electron chi connectivity index (χ0n) is 11.5. The maximum atomic E-state index is 11.9. The molecule has 1 aromatic heterocycles. The number of hydrogen-bond acceptors (Lipinski definition) is 6. The van der Waals surface area contributed by atoms with Crippen molar-refractivity contribution in [1.29, 1.82) is 0 Å². The van der Waals surface area contributed by atoms with Gasteiger partial charge >= 0.3 is 5.97 Å². The minimum absolute atomic E-state index is 0.0767. The Hall–Kier alpha value is -2.31. The second-order valence-electron chi connectivity index (χ2n) is 4.55. The summed E-state index contributed by atoms with van der Waals surface area (Å²) < 4.78 is 4.69. The predicted octanol–water partition coefficient (Wildman–Crippen LogP) is 0.165. The van der Waals surface area contributed by atoms with Gasteiger partial charge in [0, 0.05) is 19.8 Å². The Morgan fingerprint density at radius 3 is 2.95 bits per heavy atom. The average molecular weight is 278 g/mol. The van der Waals surface area contributed by atoms with Gasteiger partial charge in [-0.05, 0) is 18.9 Å². The number of carbonyl (C=O) groups is 2. The molecule has 1 aromatic rings. The molecule has 0 radical (unpaired) electrons. The average Bonchev–Trinajstić information content (AvgIpc) is 2.95. The zero-order chi connectivity index (χ0) is 14.7. The number of anilines is 2. The summed E-state index contributed by atoms with van der Waals surface area (Å²) in [5, 5.41) is 2.63. The summed E-state index contributed by atoms with van der Waals surface area (Å²) in [6.07, 6.45) is 3.11. The van der Waals surface area contributed by atoms with Gasteiger partial charge in [0.15, 0.2) is 5.82 Å². The summed E-state index contributed by atoms with van der Waals surface area (Å²) in [6, 6.07) is 1.21. The van der Waals surface area contributed by atoms with Crippen molar-refractivity contribution < 1.29 is 14.3 Å². The highest BCUT2D eigenvalue weighted by Crippen LogP contribution is 2.30. The van der Waals surface area contributed by atoms with E-state index in [2.05, 4.69) is 15.0 Å². The van der Waals surface area contributed by atoms with Gasteiger partial charge in [0.25, 0.3) is 0 Å². The maximum Gasteiger partial charge on any atom is 0.340 e. The summed E-state index contributed by atoms with van der Waals surface area (Å²) in [5.41, 5.74) is 6.52. The third kappa shape index (κ3) is 2.38. The topological polar surface area (TPSA) is 97.5 Å². The number of ether oxygens (including phenoxy) is 1. The van der Waals surface area contributed by atoms with Gasteiger partial charge < -0.3 is 20.7 Å². The van der Waals surface area contributed by atoms with Crippen LogP contribution in [0.15, 0.2) is 12.3 Å². The number of hydrogen-bond donors (Lipinski definition) is 2. The molecular weight excluding hydrogens is 260 g/mol. The van der Waals surface area contributed by atoms with Gasteiger partial charge in [0.2, 0.25) is 5.91 Å². The van der Waals surface area contributed by atoms with E-state index in [0.717, 1.165) is 12.8 Å². The number of methoxy groups -OCH3 is 1. The van der Waals surface area contributed by atoms with E-state index in [1.54, 1.807) is 7.05 Å². The summed E-state index contributed by atoms with van der Waals surface area (Å²) in [4.78, 5) is 29.6. The lowest BCUT2D eigenvalue weighted by atomic mass is 10.2. The Morgan fingerprint density at radius 2 is 2.30 bits per heavy atom. The molecule has 1 atom stereocenters. The van der Waals surface area contributed by atoms with E-state index in [1.165, 1.54) is 19.4 Å². The largest absolute Gasteiger partial charge is 0.465 e. The van der Waals surface area contributed by atoms with Crippen molar-refractivity contribution in [3.8, 4) is 0 Å². The van der Waals surface area contributed by atoms with Gasteiger partial charge in [-0.2, -0.15) is 0 Å². The summed E-state index contributed by atoms with van der Waals surface area (Å²) >= 11 is 0. The fourth-order valence-corrected chi connectivity index (χ4v) is 2.44. The van der Waals surface area contributed by atoms with Gasteiger partial charge in [-0.15, -0.1) is 0 Å². The molecule has 0 aliphatic carbocycles. The van der Waals surface area contributed by atoms with Gasteiger partial charge in [-0.1, -0.05) is 0 Å². The van der Waals surface area contributed by atoms with Crippen molar-refractivity contribution in [3.63, 3.8) is 0 Å². The number of esters is 1. The van der Waals surface area contributed by atoms with Gasteiger partial charge in [-0.3, -0.25) is 4.79 Å².